The number of nitrogens with one attached hydrogen (secondary N) is 1. The van der Waals surface area contributed by atoms with E-state index < -0.39 is 0 Å². The van der Waals surface area contributed by atoms with Crippen molar-refractivity contribution in [1.82, 2.24) is 4.98 Å². The first kappa shape index (κ1) is 19.3. The Labute approximate surface area is 164 Å². The summed E-state index contributed by atoms with van der Waals surface area (Å²) < 4.78 is 5.79. The highest BCUT2D eigenvalue weighted by molar-refractivity contribution is 6.00. The van der Waals surface area contributed by atoms with Gasteiger partial charge in [0.1, 0.15) is 6.61 Å². The predicted octanol–water partition coefficient (Wildman–Crippen LogP) is 4.57. The zero-order valence-corrected chi connectivity index (χ0v) is 15.7. The van der Waals surface area contributed by atoms with Gasteiger partial charge in [0.2, 0.25) is 5.91 Å². The number of ether oxygens (including phenoxy) is 1. The van der Waals surface area contributed by atoms with Crippen LogP contribution in [-0.2, 0) is 11.4 Å². The Hall–Kier alpha value is -3.47. The lowest BCUT2D eigenvalue weighted by molar-refractivity contribution is -0.116. The second-order valence-electron chi connectivity index (χ2n) is 6.46. The molecule has 5 heteroatoms. The summed E-state index contributed by atoms with van der Waals surface area (Å²) in [6.07, 6.45) is 1.81. The fraction of sp³-hybridized carbons (Fsp3) is 0.174. The molecule has 5 nitrogen and oxygen atoms in total. The van der Waals surface area contributed by atoms with Crippen molar-refractivity contribution in [3.63, 3.8) is 0 Å². The van der Waals surface area contributed by atoms with Crippen molar-refractivity contribution in [1.29, 1.82) is 0 Å². The fourth-order valence-electron chi connectivity index (χ4n) is 2.64. The number of nitrogens with zero attached hydrogens (tertiary/aromatic N) is 1. The monoisotopic (exact) mass is 374 g/mol. The van der Waals surface area contributed by atoms with Gasteiger partial charge in [-0.3, -0.25) is 9.59 Å². The number of hydrogen-bond acceptors (Lipinski definition) is 4. The van der Waals surface area contributed by atoms with Crippen LogP contribution >= 0.6 is 0 Å². The number of aryl methyl sites for hydroxylation is 1. The van der Waals surface area contributed by atoms with Crippen LogP contribution in [0.1, 0.15) is 34.3 Å². The Kier molecular flexibility index (Phi) is 6.52. The molecule has 0 fully saturated rings. The number of hydrogen-bond donors (Lipinski definition) is 1. The van der Waals surface area contributed by atoms with Crippen molar-refractivity contribution in [2.24, 2.45) is 0 Å². The molecule has 0 saturated heterocycles. The topological polar surface area (TPSA) is 68.3 Å². The lowest BCUT2D eigenvalue weighted by Crippen LogP contribution is -2.15. The van der Waals surface area contributed by atoms with Crippen LogP contribution in [0.4, 0.5) is 5.82 Å². The fourth-order valence-corrected chi connectivity index (χ4v) is 2.64. The van der Waals surface area contributed by atoms with Gasteiger partial charge in [-0.1, -0.05) is 60.2 Å². The molecule has 0 spiro atoms. The van der Waals surface area contributed by atoms with Crippen LogP contribution in [-0.4, -0.2) is 16.7 Å². The van der Waals surface area contributed by atoms with E-state index in [0.717, 1.165) is 11.1 Å². The normalized spacial score (nSPS) is 10.3. The Morgan fingerprint density at radius 2 is 1.68 bits per heavy atom. The van der Waals surface area contributed by atoms with Gasteiger partial charge in [0.25, 0.3) is 0 Å². The average Bonchev–Trinajstić information content (AvgIpc) is 2.72. The largest absolute Gasteiger partial charge is 0.485 e. The Morgan fingerprint density at radius 1 is 0.929 bits per heavy atom. The lowest BCUT2D eigenvalue weighted by atomic mass is 10.1. The number of rotatable bonds is 8. The van der Waals surface area contributed by atoms with Gasteiger partial charge in [-0.15, -0.1) is 0 Å². The maximum absolute atomic E-state index is 12.3. The molecule has 1 heterocycles. The van der Waals surface area contributed by atoms with Gasteiger partial charge in [-0.2, -0.15) is 0 Å². The van der Waals surface area contributed by atoms with Gasteiger partial charge >= 0.3 is 0 Å². The van der Waals surface area contributed by atoms with Crippen molar-refractivity contribution < 1.29 is 14.3 Å². The molecule has 2 aromatic carbocycles. The zero-order chi connectivity index (χ0) is 19.8. The minimum atomic E-state index is -0.274. The Balaban J connectivity index is 1.55. The first-order valence-electron chi connectivity index (χ1n) is 9.13. The number of benzene rings is 2. The van der Waals surface area contributed by atoms with Gasteiger partial charge in [0.15, 0.2) is 17.4 Å². The van der Waals surface area contributed by atoms with Crippen LogP contribution < -0.4 is 10.1 Å². The maximum atomic E-state index is 12.3. The standard InChI is InChI=1S/C23H22N2O3/c1-17-9-11-19(12-10-17)20(26)13-14-22(27)25-23-21(8-5-15-24-23)28-16-18-6-3-2-4-7-18/h2-12,15H,13-14,16H2,1H3,(H,24,25,27). The molecule has 0 saturated carbocycles. The van der Waals surface area contributed by atoms with Crippen molar-refractivity contribution in [2.75, 3.05) is 5.32 Å². The molecule has 0 unspecified atom stereocenters. The molecule has 0 aliphatic heterocycles. The van der Waals surface area contributed by atoms with Crippen LogP contribution in [0, 0.1) is 6.92 Å². The number of pyridine rings is 1. The molecule has 1 amide bonds. The number of aromatic nitrogens is 1. The number of amides is 1. The molecule has 0 bridgehead atoms. The highest BCUT2D eigenvalue weighted by Crippen LogP contribution is 2.22. The molecular formula is C23H22N2O3. The summed E-state index contributed by atoms with van der Waals surface area (Å²) in [6.45, 7) is 2.34. The van der Waals surface area contributed by atoms with E-state index in [2.05, 4.69) is 10.3 Å². The highest BCUT2D eigenvalue weighted by Gasteiger charge is 2.12. The summed E-state index contributed by atoms with van der Waals surface area (Å²) in [5, 5.41) is 2.74. The third kappa shape index (κ3) is 5.51. The van der Waals surface area contributed by atoms with E-state index >= 15 is 0 Å². The Morgan fingerprint density at radius 3 is 2.43 bits per heavy atom. The van der Waals surface area contributed by atoms with Crippen molar-refractivity contribution in [2.45, 2.75) is 26.4 Å². The molecule has 3 rings (SSSR count). The summed E-state index contributed by atoms with van der Waals surface area (Å²) in [5.74, 6) is 0.510. The number of carbonyl (C=O) groups is 2. The maximum Gasteiger partial charge on any atom is 0.226 e. The van der Waals surface area contributed by atoms with Crippen LogP contribution in [0.15, 0.2) is 72.9 Å². The van der Waals surface area contributed by atoms with E-state index in [1.54, 1.807) is 30.5 Å². The summed E-state index contributed by atoms with van der Waals surface area (Å²) >= 11 is 0. The lowest BCUT2D eigenvalue weighted by Gasteiger charge is -2.11. The first-order valence-corrected chi connectivity index (χ1v) is 9.13. The van der Waals surface area contributed by atoms with E-state index in [1.807, 2.05) is 49.4 Å². The third-order valence-electron chi connectivity index (χ3n) is 4.22. The quantitative estimate of drug-likeness (QED) is 0.587. The molecule has 1 N–H and O–H groups in total. The molecule has 1 aromatic heterocycles. The van der Waals surface area contributed by atoms with Gasteiger partial charge < -0.3 is 10.1 Å². The molecule has 0 aliphatic rings. The van der Waals surface area contributed by atoms with Gasteiger partial charge in [-0.25, -0.2) is 4.98 Å². The molecule has 3 aromatic rings. The van der Waals surface area contributed by atoms with Crippen molar-refractivity contribution in [3.8, 4) is 5.75 Å². The van der Waals surface area contributed by atoms with Gasteiger partial charge in [-0.05, 0) is 24.6 Å². The van der Waals surface area contributed by atoms with E-state index in [9.17, 15) is 9.59 Å². The van der Waals surface area contributed by atoms with Crippen LogP contribution in [0.5, 0.6) is 5.75 Å². The second-order valence-corrected chi connectivity index (χ2v) is 6.46. The number of Topliss-reactive ketones (excluding diaryl/α,β-unsaturated/α-hetero) is 1. The third-order valence-corrected chi connectivity index (χ3v) is 4.22. The number of anilines is 1. The summed E-state index contributed by atoms with van der Waals surface area (Å²) in [7, 11) is 0. The molecule has 0 atom stereocenters. The van der Waals surface area contributed by atoms with E-state index in [0.29, 0.717) is 23.7 Å². The number of ketones is 1. The minimum absolute atomic E-state index is 0.0586. The SMILES string of the molecule is Cc1ccc(C(=O)CCC(=O)Nc2ncccc2OCc2ccccc2)cc1. The van der Waals surface area contributed by atoms with E-state index in [-0.39, 0.29) is 24.5 Å². The van der Waals surface area contributed by atoms with Crippen LogP contribution in [0.2, 0.25) is 0 Å². The van der Waals surface area contributed by atoms with E-state index in [1.165, 1.54) is 0 Å². The molecule has 142 valence electrons. The van der Waals surface area contributed by atoms with Crippen molar-refractivity contribution >= 4 is 17.5 Å². The smallest absolute Gasteiger partial charge is 0.226 e. The molecule has 0 radical (unpaired) electrons. The second kappa shape index (κ2) is 9.46. The predicted molar refractivity (Wildman–Crippen MR) is 108 cm³/mol. The number of carbonyl (C=O) groups excluding carboxylic acids is 2. The molecular weight excluding hydrogens is 352 g/mol. The van der Waals surface area contributed by atoms with Gasteiger partial charge in [0, 0.05) is 24.6 Å². The zero-order valence-electron chi connectivity index (χ0n) is 15.7. The van der Waals surface area contributed by atoms with E-state index in [4.69, 9.17) is 4.74 Å². The summed E-state index contributed by atoms with van der Waals surface area (Å²) in [5.41, 5.74) is 2.72. The van der Waals surface area contributed by atoms with Crippen molar-refractivity contribution in [3.05, 3.63) is 89.6 Å². The summed E-state index contributed by atoms with van der Waals surface area (Å²) in [6, 6.07) is 20.6. The van der Waals surface area contributed by atoms with Crippen LogP contribution in [0.25, 0.3) is 0 Å². The van der Waals surface area contributed by atoms with Gasteiger partial charge in [0.05, 0.1) is 0 Å². The first-order chi connectivity index (χ1) is 13.6. The average molecular weight is 374 g/mol. The molecule has 28 heavy (non-hydrogen) atoms. The highest BCUT2D eigenvalue weighted by atomic mass is 16.5. The Bertz CT molecular complexity index is 938. The van der Waals surface area contributed by atoms with Crippen LogP contribution in [0.3, 0.4) is 0 Å². The minimum Gasteiger partial charge on any atom is -0.485 e. The molecule has 0 aliphatic carbocycles. The summed E-state index contributed by atoms with van der Waals surface area (Å²) in [4.78, 5) is 28.7.